The largest absolute Gasteiger partial charge is 0.363 e. The molecule has 0 atom stereocenters. The number of nitrogens with zero attached hydrogens (tertiary/aromatic N) is 3. The van der Waals surface area contributed by atoms with Crippen molar-refractivity contribution in [2.75, 3.05) is 5.32 Å². The molecule has 0 bridgehead atoms. The number of rotatable bonds is 3. The van der Waals surface area contributed by atoms with Gasteiger partial charge in [-0.15, -0.1) is 16.4 Å². The van der Waals surface area contributed by atoms with Crippen molar-refractivity contribution in [1.29, 1.82) is 5.26 Å². The van der Waals surface area contributed by atoms with E-state index in [1.54, 1.807) is 6.07 Å². The third-order valence-electron chi connectivity index (χ3n) is 1.90. The minimum Gasteiger partial charge on any atom is -0.363 e. The highest BCUT2D eigenvalue weighted by atomic mass is 35.5. The van der Waals surface area contributed by atoms with E-state index in [0.29, 0.717) is 17.9 Å². The number of nitrogens with one attached hydrogen (secondary N) is 1. The fourth-order valence-electron chi connectivity index (χ4n) is 1.17. The zero-order valence-electron chi connectivity index (χ0n) is 8.14. The van der Waals surface area contributed by atoms with E-state index < -0.39 is 0 Å². The van der Waals surface area contributed by atoms with Gasteiger partial charge in [-0.05, 0) is 18.2 Å². The van der Waals surface area contributed by atoms with Crippen LogP contribution in [0.3, 0.4) is 0 Å². The molecule has 0 aliphatic rings. The molecule has 0 radical (unpaired) electrons. The fourth-order valence-corrected chi connectivity index (χ4v) is 2.20. The molecule has 1 N–H and O–H groups in total. The zero-order valence-corrected chi connectivity index (χ0v) is 9.72. The van der Waals surface area contributed by atoms with Crippen LogP contribution in [0.4, 0.5) is 5.82 Å². The molecule has 2 rings (SSSR count). The molecule has 0 aliphatic carbocycles. The van der Waals surface area contributed by atoms with Crippen molar-refractivity contribution in [2.45, 2.75) is 6.54 Å². The van der Waals surface area contributed by atoms with Crippen LogP contribution in [0.25, 0.3) is 0 Å². The lowest BCUT2D eigenvalue weighted by Crippen LogP contribution is -2.02. The van der Waals surface area contributed by atoms with Crippen molar-refractivity contribution >= 4 is 28.8 Å². The molecule has 4 nitrogen and oxygen atoms in total. The lowest BCUT2D eigenvalue weighted by molar-refractivity contribution is 1.000. The van der Waals surface area contributed by atoms with E-state index in [9.17, 15) is 0 Å². The van der Waals surface area contributed by atoms with Crippen LogP contribution in [0.5, 0.6) is 0 Å². The van der Waals surface area contributed by atoms with Gasteiger partial charge in [0.25, 0.3) is 0 Å². The number of anilines is 1. The first-order valence-corrected chi connectivity index (χ1v) is 5.69. The summed E-state index contributed by atoms with van der Waals surface area (Å²) in [7, 11) is 0. The third kappa shape index (κ3) is 2.48. The second-order valence-corrected chi connectivity index (χ2v) is 4.76. The van der Waals surface area contributed by atoms with Gasteiger partial charge in [0.15, 0.2) is 5.82 Å². The number of halogens is 1. The van der Waals surface area contributed by atoms with Crippen molar-refractivity contribution < 1.29 is 0 Å². The molecule has 2 aromatic heterocycles. The lowest BCUT2D eigenvalue weighted by atomic mass is 10.3. The Morgan fingerprint density at radius 2 is 2.31 bits per heavy atom. The fraction of sp³-hybridized carbons (Fsp3) is 0.100. The first-order chi connectivity index (χ1) is 7.79. The van der Waals surface area contributed by atoms with Crippen LogP contribution >= 0.6 is 22.9 Å². The van der Waals surface area contributed by atoms with Crippen LogP contribution in [0, 0.1) is 11.3 Å². The zero-order chi connectivity index (χ0) is 11.4. The van der Waals surface area contributed by atoms with Gasteiger partial charge < -0.3 is 5.32 Å². The Balaban J connectivity index is 2.08. The van der Waals surface area contributed by atoms with Crippen LogP contribution in [-0.2, 0) is 6.54 Å². The van der Waals surface area contributed by atoms with E-state index in [-0.39, 0.29) is 0 Å². The Morgan fingerprint density at radius 1 is 1.44 bits per heavy atom. The molecule has 6 heteroatoms. The second-order valence-electron chi connectivity index (χ2n) is 2.96. The summed E-state index contributed by atoms with van der Waals surface area (Å²) in [6, 6.07) is 7.44. The molecule has 0 amide bonds. The standard InChI is InChI=1S/C10H7ClN4S/c11-9-2-1-8(16-9)6-13-10-7(5-12)3-4-14-15-10/h1-4H,6H2,(H,13,15). The molecule has 16 heavy (non-hydrogen) atoms. The summed E-state index contributed by atoms with van der Waals surface area (Å²) < 4.78 is 0.747. The molecular weight excluding hydrogens is 244 g/mol. The third-order valence-corrected chi connectivity index (χ3v) is 3.13. The summed E-state index contributed by atoms with van der Waals surface area (Å²) in [5.41, 5.74) is 0.484. The number of nitriles is 1. The van der Waals surface area contributed by atoms with Gasteiger partial charge in [-0.25, -0.2) is 0 Å². The molecule has 80 valence electrons. The molecule has 0 saturated heterocycles. The smallest absolute Gasteiger partial charge is 0.166 e. The predicted octanol–water partition coefficient (Wildman–Crippen LogP) is 2.68. The van der Waals surface area contributed by atoms with Crippen molar-refractivity contribution in [3.05, 3.63) is 39.2 Å². The van der Waals surface area contributed by atoms with E-state index in [1.165, 1.54) is 17.5 Å². The predicted molar refractivity (Wildman–Crippen MR) is 63.4 cm³/mol. The van der Waals surface area contributed by atoms with Crippen LogP contribution in [0.1, 0.15) is 10.4 Å². The first-order valence-electron chi connectivity index (χ1n) is 4.49. The molecule has 0 aromatic carbocycles. The summed E-state index contributed by atoms with van der Waals surface area (Å²) in [5.74, 6) is 0.495. The van der Waals surface area contributed by atoms with Gasteiger partial charge in [-0.2, -0.15) is 10.4 Å². The van der Waals surface area contributed by atoms with Crippen LogP contribution in [0.15, 0.2) is 24.4 Å². The SMILES string of the molecule is N#Cc1ccnnc1NCc1ccc(Cl)s1. The molecule has 0 spiro atoms. The summed E-state index contributed by atoms with van der Waals surface area (Å²) >= 11 is 7.30. The minimum atomic E-state index is 0.484. The average molecular weight is 251 g/mol. The maximum absolute atomic E-state index is 8.84. The molecular formula is C10H7ClN4S. The molecule has 0 fully saturated rings. The van der Waals surface area contributed by atoms with Crippen molar-refractivity contribution in [3.8, 4) is 6.07 Å². The normalized spacial score (nSPS) is 9.75. The van der Waals surface area contributed by atoms with E-state index in [2.05, 4.69) is 15.5 Å². The van der Waals surface area contributed by atoms with Gasteiger partial charge in [-0.1, -0.05) is 11.6 Å². The van der Waals surface area contributed by atoms with Crippen molar-refractivity contribution in [1.82, 2.24) is 10.2 Å². The Morgan fingerprint density at radius 3 is 3.00 bits per heavy atom. The van der Waals surface area contributed by atoms with Crippen LogP contribution in [-0.4, -0.2) is 10.2 Å². The summed E-state index contributed by atoms with van der Waals surface area (Å²) in [5, 5.41) is 19.5. The summed E-state index contributed by atoms with van der Waals surface area (Å²) in [4.78, 5) is 1.08. The van der Waals surface area contributed by atoms with Gasteiger partial charge in [0.05, 0.1) is 22.6 Å². The molecule has 0 aliphatic heterocycles. The van der Waals surface area contributed by atoms with Gasteiger partial charge in [-0.3, -0.25) is 0 Å². The van der Waals surface area contributed by atoms with E-state index in [4.69, 9.17) is 16.9 Å². The number of hydrogen-bond acceptors (Lipinski definition) is 5. The summed E-state index contributed by atoms with van der Waals surface area (Å²) in [6.45, 7) is 0.588. The second kappa shape index (κ2) is 4.92. The molecule has 0 saturated carbocycles. The Labute approximate surface area is 102 Å². The first kappa shape index (κ1) is 10.9. The Kier molecular flexibility index (Phi) is 3.34. The van der Waals surface area contributed by atoms with E-state index >= 15 is 0 Å². The number of aromatic nitrogens is 2. The highest BCUT2D eigenvalue weighted by Gasteiger charge is 2.03. The van der Waals surface area contributed by atoms with Crippen molar-refractivity contribution in [2.24, 2.45) is 0 Å². The highest BCUT2D eigenvalue weighted by Crippen LogP contribution is 2.22. The van der Waals surface area contributed by atoms with Crippen molar-refractivity contribution in [3.63, 3.8) is 0 Å². The molecule has 2 aromatic rings. The maximum atomic E-state index is 8.84. The van der Waals surface area contributed by atoms with Gasteiger partial charge in [0.2, 0.25) is 0 Å². The Hall–Kier alpha value is -1.64. The number of thiophene rings is 1. The lowest BCUT2D eigenvalue weighted by Gasteiger charge is -2.03. The van der Waals surface area contributed by atoms with Crippen LogP contribution < -0.4 is 5.32 Å². The van der Waals surface area contributed by atoms with E-state index in [0.717, 1.165) is 9.21 Å². The van der Waals surface area contributed by atoms with Gasteiger partial charge >= 0.3 is 0 Å². The summed E-state index contributed by atoms with van der Waals surface area (Å²) in [6.07, 6.45) is 1.49. The average Bonchev–Trinajstić information content (AvgIpc) is 2.73. The van der Waals surface area contributed by atoms with Gasteiger partial charge in [0.1, 0.15) is 6.07 Å². The Bertz CT molecular complexity index is 532. The minimum absolute atomic E-state index is 0.484. The topological polar surface area (TPSA) is 61.6 Å². The quantitative estimate of drug-likeness (QED) is 0.910. The molecule has 0 unspecified atom stereocenters. The highest BCUT2D eigenvalue weighted by molar-refractivity contribution is 7.16. The maximum Gasteiger partial charge on any atom is 0.166 e. The number of hydrogen-bond donors (Lipinski definition) is 1. The van der Waals surface area contributed by atoms with Crippen LogP contribution in [0.2, 0.25) is 4.34 Å². The van der Waals surface area contributed by atoms with Gasteiger partial charge in [0, 0.05) is 4.88 Å². The monoisotopic (exact) mass is 250 g/mol. The molecule has 2 heterocycles. The van der Waals surface area contributed by atoms with E-state index in [1.807, 2.05) is 18.2 Å².